The normalized spacial score (nSPS) is 22.3. The molecule has 0 spiro atoms. The lowest BCUT2D eigenvalue weighted by Crippen LogP contribution is -2.36. The summed E-state index contributed by atoms with van der Waals surface area (Å²) in [5, 5.41) is 2.81. The molecule has 0 aromatic heterocycles. The fourth-order valence-corrected chi connectivity index (χ4v) is 2.41. The van der Waals surface area contributed by atoms with Crippen molar-refractivity contribution in [3.8, 4) is 5.75 Å². The number of imide groups is 1. The number of hydrogen-bond acceptors (Lipinski definition) is 4. The van der Waals surface area contributed by atoms with Crippen molar-refractivity contribution in [3.05, 3.63) is 24.0 Å². The highest BCUT2D eigenvalue weighted by Crippen LogP contribution is 2.33. The molecule has 1 aromatic rings. The number of nitrogens with one attached hydrogen (secondary N) is 1. The van der Waals surface area contributed by atoms with Crippen molar-refractivity contribution >= 4 is 17.5 Å². The van der Waals surface area contributed by atoms with Crippen molar-refractivity contribution in [2.75, 3.05) is 12.4 Å². The lowest BCUT2D eigenvalue weighted by Gasteiger charge is -2.16. The summed E-state index contributed by atoms with van der Waals surface area (Å²) < 4.78 is 18.7. The molecule has 20 heavy (non-hydrogen) atoms. The average Bonchev–Trinajstić information content (AvgIpc) is 3.21. The highest BCUT2D eigenvalue weighted by Gasteiger charge is 2.46. The molecule has 106 valence electrons. The van der Waals surface area contributed by atoms with Crippen molar-refractivity contribution in [1.29, 1.82) is 0 Å². The predicted molar refractivity (Wildman–Crippen MR) is 69.9 cm³/mol. The quantitative estimate of drug-likeness (QED) is 0.849. The molecular weight excluding hydrogens is 263 g/mol. The maximum atomic E-state index is 13.7. The fourth-order valence-electron chi connectivity index (χ4n) is 2.41. The number of carbonyl (C=O) groups excluding carboxylic acids is 2. The monoisotopic (exact) mass is 278 g/mol. The molecule has 1 aliphatic carbocycles. The molecule has 1 heterocycles. The third-order valence-electron chi connectivity index (χ3n) is 3.60. The molecule has 1 saturated carbocycles. The second kappa shape index (κ2) is 4.77. The molecule has 5 nitrogen and oxygen atoms in total. The number of benzene rings is 1. The van der Waals surface area contributed by atoms with Crippen molar-refractivity contribution in [1.82, 2.24) is 4.90 Å². The van der Waals surface area contributed by atoms with Crippen LogP contribution in [-0.4, -0.2) is 35.9 Å². The van der Waals surface area contributed by atoms with Gasteiger partial charge in [-0.25, -0.2) is 4.39 Å². The maximum Gasteiger partial charge on any atom is 0.252 e. The highest BCUT2D eigenvalue weighted by atomic mass is 19.1. The van der Waals surface area contributed by atoms with E-state index in [1.165, 1.54) is 30.2 Å². The van der Waals surface area contributed by atoms with Crippen LogP contribution < -0.4 is 10.1 Å². The minimum absolute atomic E-state index is 0.0527. The van der Waals surface area contributed by atoms with Crippen molar-refractivity contribution in [2.45, 2.75) is 31.3 Å². The number of nitrogens with zero attached hydrogens (tertiary/aromatic N) is 1. The average molecular weight is 278 g/mol. The number of likely N-dealkylation sites (tertiary alicyclic amines) is 1. The number of carbonyl (C=O) groups is 2. The fraction of sp³-hybridized carbons (Fsp3) is 0.429. The Labute approximate surface area is 115 Å². The molecule has 1 N–H and O–H groups in total. The Kier molecular flexibility index (Phi) is 3.08. The zero-order valence-corrected chi connectivity index (χ0v) is 11.1. The van der Waals surface area contributed by atoms with Crippen LogP contribution in [0.3, 0.4) is 0 Å². The van der Waals surface area contributed by atoms with E-state index in [0.29, 0.717) is 5.75 Å². The first-order valence-corrected chi connectivity index (χ1v) is 6.56. The Bertz CT molecular complexity index is 572. The molecule has 1 unspecified atom stereocenters. The molecule has 3 rings (SSSR count). The Morgan fingerprint density at radius 2 is 2.10 bits per heavy atom. The topological polar surface area (TPSA) is 58.6 Å². The number of methoxy groups -OCH3 is 1. The van der Waals surface area contributed by atoms with Gasteiger partial charge in [-0.1, -0.05) is 0 Å². The molecule has 6 heteroatoms. The number of anilines is 1. The second-order valence-corrected chi connectivity index (χ2v) is 5.08. The summed E-state index contributed by atoms with van der Waals surface area (Å²) in [5.41, 5.74) is 0.174. The summed E-state index contributed by atoms with van der Waals surface area (Å²) in [6.45, 7) is 0. The van der Waals surface area contributed by atoms with Crippen LogP contribution in [0.4, 0.5) is 10.1 Å². The molecule has 2 fully saturated rings. The molecule has 1 aliphatic heterocycles. The third kappa shape index (κ3) is 2.21. The summed E-state index contributed by atoms with van der Waals surface area (Å²) in [5.74, 6) is -0.432. The van der Waals surface area contributed by atoms with E-state index in [0.717, 1.165) is 12.8 Å². The predicted octanol–water partition coefficient (Wildman–Crippen LogP) is 1.54. The van der Waals surface area contributed by atoms with Gasteiger partial charge in [0.1, 0.15) is 17.6 Å². The molecule has 2 amide bonds. The number of amides is 2. The molecule has 1 saturated heterocycles. The first-order valence-electron chi connectivity index (χ1n) is 6.56. The van der Waals surface area contributed by atoms with Gasteiger partial charge in [0.25, 0.3) is 5.91 Å². The summed E-state index contributed by atoms with van der Waals surface area (Å²) >= 11 is 0. The van der Waals surface area contributed by atoms with E-state index in [9.17, 15) is 14.0 Å². The SMILES string of the molecule is COc1ccc(F)c(NC2CC(=O)N(C3CC3)C2=O)c1. The van der Waals surface area contributed by atoms with Crippen LogP contribution in [0.2, 0.25) is 0 Å². The van der Waals surface area contributed by atoms with E-state index < -0.39 is 11.9 Å². The largest absolute Gasteiger partial charge is 0.497 e. The summed E-state index contributed by atoms with van der Waals surface area (Å²) in [6.07, 6.45) is 1.82. The minimum atomic E-state index is -0.690. The van der Waals surface area contributed by atoms with Gasteiger partial charge in [0.2, 0.25) is 5.91 Å². The smallest absolute Gasteiger partial charge is 0.252 e. The van der Waals surface area contributed by atoms with Crippen molar-refractivity contribution < 1.29 is 18.7 Å². The van der Waals surface area contributed by atoms with Gasteiger partial charge in [0.05, 0.1) is 19.2 Å². The molecular formula is C14H15FN2O3. The highest BCUT2D eigenvalue weighted by molar-refractivity contribution is 6.07. The summed E-state index contributed by atoms with van der Waals surface area (Å²) in [6, 6.07) is 3.61. The summed E-state index contributed by atoms with van der Waals surface area (Å²) in [7, 11) is 1.48. The van der Waals surface area contributed by atoms with Gasteiger partial charge in [-0.2, -0.15) is 0 Å². The van der Waals surface area contributed by atoms with Crippen molar-refractivity contribution in [3.63, 3.8) is 0 Å². The van der Waals surface area contributed by atoms with Gasteiger partial charge in [0.15, 0.2) is 0 Å². The van der Waals surface area contributed by atoms with Gasteiger partial charge < -0.3 is 10.1 Å². The Balaban J connectivity index is 1.78. The Hall–Kier alpha value is -2.11. The van der Waals surface area contributed by atoms with Gasteiger partial charge in [0, 0.05) is 12.1 Å². The first-order chi connectivity index (χ1) is 9.60. The second-order valence-electron chi connectivity index (χ2n) is 5.08. The van der Waals surface area contributed by atoms with Gasteiger partial charge in [-0.3, -0.25) is 14.5 Å². The van der Waals surface area contributed by atoms with E-state index >= 15 is 0 Å². The third-order valence-corrected chi connectivity index (χ3v) is 3.60. The molecule has 0 bridgehead atoms. The zero-order chi connectivity index (χ0) is 14.3. The van der Waals surface area contributed by atoms with Crippen LogP contribution in [0.15, 0.2) is 18.2 Å². The first kappa shape index (κ1) is 12.9. The number of rotatable bonds is 4. The summed E-state index contributed by atoms with van der Waals surface area (Å²) in [4.78, 5) is 25.3. The molecule has 1 atom stereocenters. The minimum Gasteiger partial charge on any atom is -0.497 e. The number of hydrogen-bond donors (Lipinski definition) is 1. The van der Waals surface area contributed by atoms with E-state index in [1.807, 2.05) is 0 Å². The van der Waals surface area contributed by atoms with Gasteiger partial charge in [-0.05, 0) is 25.0 Å². The molecule has 0 radical (unpaired) electrons. The number of ether oxygens (including phenoxy) is 1. The van der Waals surface area contributed by atoms with Crippen LogP contribution in [0.1, 0.15) is 19.3 Å². The lowest BCUT2D eigenvalue weighted by atomic mass is 10.2. The lowest BCUT2D eigenvalue weighted by molar-refractivity contribution is -0.139. The zero-order valence-electron chi connectivity index (χ0n) is 11.1. The Morgan fingerprint density at radius 3 is 2.75 bits per heavy atom. The number of halogens is 1. The molecule has 2 aliphatic rings. The molecule has 1 aromatic carbocycles. The van der Waals surface area contributed by atoms with E-state index in [2.05, 4.69) is 5.32 Å². The van der Waals surface area contributed by atoms with Crippen LogP contribution in [0.5, 0.6) is 5.75 Å². The van der Waals surface area contributed by atoms with Gasteiger partial charge >= 0.3 is 0 Å². The van der Waals surface area contributed by atoms with E-state index in [-0.39, 0.29) is 30.0 Å². The Morgan fingerprint density at radius 1 is 1.35 bits per heavy atom. The van der Waals surface area contributed by atoms with Gasteiger partial charge in [-0.15, -0.1) is 0 Å². The van der Waals surface area contributed by atoms with E-state index in [1.54, 1.807) is 0 Å². The maximum absolute atomic E-state index is 13.7. The van der Waals surface area contributed by atoms with E-state index in [4.69, 9.17) is 4.74 Å². The van der Waals surface area contributed by atoms with Crippen LogP contribution >= 0.6 is 0 Å². The van der Waals surface area contributed by atoms with Crippen LogP contribution in [-0.2, 0) is 9.59 Å². The van der Waals surface area contributed by atoms with Crippen LogP contribution in [0.25, 0.3) is 0 Å². The standard InChI is InChI=1S/C14H15FN2O3/c1-20-9-4-5-10(15)11(6-9)16-12-7-13(18)17(14(12)19)8-2-3-8/h4-6,8,12,16H,2-3,7H2,1H3. The van der Waals surface area contributed by atoms with Crippen LogP contribution in [0, 0.1) is 5.82 Å². The van der Waals surface area contributed by atoms with Crippen molar-refractivity contribution in [2.24, 2.45) is 0 Å².